The largest absolute Gasteiger partial charge is 0.310 e. The Hall–Kier alpha value is -0.530. The maximum absolute atomic E-state index is 5.98. The van der Waals surface area contributed by atoms with E-state index < -0.39 is 0 Å². The normalized spacial score (nSPS) is 17.2. The molecule has 0 aromatic heterocycles. The number of benzene rings is 1. The zero-order valence-corrected chi connectivity index (χ0v) is 9.98. The summed E-state index contributed by atoms with van der Waals surface area (Å²) in [6.07, 6.45) is 5.43. The van der Waals surface area contributed by atoms with Crippen LogP contribution in [0, 0.1) is 6.92 Å². The Labute approximate surface area is 96.8 Å². The van der Waals surface area contributed by atoms with E-state index in [-0.39, 0.29) is 0 Å². The van der Waals surface area contributed by atoms with Crippen molar-refractivity contribution in [2.24, 2.45) is 0 Å². The van der Waals surface area contributed by atoms with Crippen LogP contribution in [0.3, 0.4) is 0 Å². The van der Waals surface area contributed by atoms with Crippen molar-refractivity contribution >= 4 is 11.6 Å². The molecule has 0 heterocycles. The zero-order chi connectivity index (χ0) is 10.7. The Morgan fingerprint density at radius 3 is 2.80 bits per heavy atom. The smallest absolute Gasteiger partial charge is 0.0409 e. The van der Waals surface area contributed by atoms with Gasteiger partial charge in [0, 0.05) is 17.6 Å². The first kappa shape index (κ1) is 11.0. The summed E-state index contributed by atoms with van der Waals surface area (Å²) in [5, 5.41) is 4.44. The fourth-order valence-corrected chi connectivity index (χ4v) is 2.41. The third-order valence-electron chi connectivity index (χ3n) is 3.25. The Morgan fingerprint density at radius 1 is 1.33 bits per heavy atom. The molecule has 0 unspecified atom stereocenters. The monoisotopic (exact) mass is 223 g/mol. The summed E-state index contributed by atoms with van der Waals surface area (Å²) in [5.74, 6) is 0. The summed E-state index contributed by atoms with van der Waals surface area (Å²) in [7, 11) is 0. The van der Waals surface area contributed by atoms with Gasteiger partial charge in [0.05, 0.1) is 0 Å². The Morgan fingerprint density at radius 2 is 2.07 bits per heavy atom. The Kier molecular flexibility index (Phi) is 3.66. The zero-order valence-electron chi connectivity index (χ0n) is 9.22. The number of nitrogens with one attached hydrogen (secondary N) is 1. The molecule has 0 amide bonds. The van der Waals surface area contributed by atoms with E-state index in [2.05, 4.69) is 24.4 Å². The van der Waals surface area contributed by atoms with Crippen molar-refractivity contribution in [2.75, 3.05) is 0 Å². The average molecular weight is 224 g/mol. The first-order valence-electron chi connectivity index (χ1n) is 5.74. The van der Waals surface area contributed by atoms with Gasteiger partial charge in [-0.25, -0.2) is 0 Å². The molecule has 1 N–H and O–H groups in total. The van der Waals surface area contributed by atoms with E-state index in [1.807, 2.05) is 6.07 Å². The van der Waals surface area contributed by atoms with Gasteiger partial charge in [-0.1, -0.05) is 30.5 Å². The molecule has 15 heavy (non-hydrogen) atoms. The lowest BCUT2D eigenvalue weighted by Crippen LogP contribution is -2.25. The molecule has 1 nitrogen and oxygen atoms in total. The third-order valence-corrected chi connectivity index (χ3v) is 3.48. The predicted octanol–water partition coefficient (Wildman–Crippen LogP) is 3.68. The second kappa shape index (κ2) is 5.00. The van der Waals surface area contributed by atoms with Gasteiger partial charge in [0.25, 0.3) is 0 Å². The summed E-state index contributed by atoms with van der Waals surface area (Å²) < 4.78 is 0. The van der Waals surface area contributed by atoms with Crippen LogP contribution in [0.5, 0.6) is 0 Å². The molecule has 2 rings (SSSR count). The van der Waals surface area contributed by atoms with Gasteiger partial charge in [0.2, 0.25) is 0 Å². The van der Waals surface area contributed by atoms with Gasteiger partial charge >= 0.3 is 0 Å². The van der Waals surface area contributed by atoms with Crippen molar-refractivity contribution in [2.45, 2.75) is 45.2 Å². The van der Waals surface area contributed by atoms with Crippen molar-refractivity contribution in [3.05, 3.63) is 34.3 Å². The van der Waals surface area contributed by atoms with Crippen molar-refractivity contribution in [1.29, 1.82) is 0 Å². The van der Waals surface area contributed by atoms with E-state index in [0.717, 1.165) is 17.6 Å². The predicted molar refractivity (Wildman–Crippen MR) is 65.3 cm³/mol. The Balaban J connectivity index is 1.94. The summed E-state index contributed by atoms with van der Waals surface area (Å²) in [6.45, 7) is 3.10. The van der Waals surface area contributed by atoms with Crippen LogP contribution >= 0.6 is 11.6 Å². The van der Waals surface area contributed by atoms with E-state index in [1.54, 1.807) is 0 Å². The van der Waals surface area contributed by atoms with Gasteiger partial charge < -0.3 is 5.32 Å². The fraction of sp³-hybridized carbons (Fsp3) is 0.538. The van der Waals surface area contributed by atoms with Crippen LogP contribution in [0.15, 0.2) is 18.2 Å². The van der Waals surface area contributed by atoms with Crippen LogP contribution in [0.2, 0.25) is 5.02 Å². The molecule has 1 aliphatic carbocycles. The molecule has 1 aliphatic rings. The van der Waals surface area contributed by atoms with Gasteiger partial charge in [0.1, 0.15) is 0 Å². The molecule has 0 spiro atoms. The van der Waals surface area contributed by atoms with Crippen LogP contribution in [0.4, 0.5) is 0 Å². The summed E-state index contributed by atoms with van der Waals surface area (Å²) in [4.78, 5) is 0. The molecule has 82 valence electrons. The second-order valence-electron chi connectivity index (χ2n) is 4.43. The molecule has 0 saturated heterocycles. The molecule has 1 saturated carbocycles. The van der Waals surface area contributed by atoms with Crippen LogP contribution in [0.1, 0.15) is 36.8 Å². The van der Waals surface area contributed by atoms with E-state index >= 15 is 0 Å². The number of halogens is 1. The van der Waals surface area contributed by atoms with Gasteiger partial charge in [-0.3, -0.25) is 0 Å². The minimum Gasteiger partial charge on any atom is -0.310 e. The number of hydrogen-bond donors (Lipinski definition) is 1. The average Bonchev–Trinajstić information content (AvgIpc) is 2.72. The molecule has 0 radical (unpaired) electrons. The van der Waals surface area contributed by atoms with Gasteiger partial charge in [-0.2, -0.15) is 0 Å². The first-order valence-corrected chi connectivity index (χ1v) is 6.12. The highest BCUT2D eigenvalue weighted by molar-refractivity contribution is 6.30. The van der Waals surface area contributed by atoms with E-state index in [1.165, 1.54) is 36.8 Å². The minimum absolute atomic E-state index is 0.725. The van der Waals surface area contributed by atoms with Crippen molar-refractivity contribution in [3.8, 4) is 0 Å². The van der Waals surface area contributed by atoms with E-state index in [0.29, 0.717) is 0 Å². The highest BCUT2D eigenvalue weighted by atomic mass is 35.5. The van der Waals surface area contributed by atoms with E-state index in [4.69, 9.17) is 11.6 Å². The van der Waals surface area contributed by atoms with Crippen molar-refractivity contribution in [3.63, 3.8) is 0 Å². The lowest BCUT2D eigenvalue weighted by Gasteiger charge is -2.13. The summed E-state index contributed by atoms with van der Waals surface area (Å²) in [5.41, 5.74) is 2.65. The molecule has 0 atom stereocenters. The molecule has 1 aromatic carbocycles. The summed E-state index contributed by atoms with van der Waals surface area (Å²) in [6, 6.07) is 6.84. The second-order valence-corrected chi connectivity index (χ2v) is 4.87. The van der Waals surface area contributed by atoms with Crippen LogP contribution in [-0.4, -0.2) is 6.04 Å². The van der Waals surface area contributed by atoms with Crippen LogP contribution in [-0.2, 0) is 6.54 Å². The van der Waals surface area contributed by atoms with Crippen molar-refractivity contribution in [1.82, 2.24) is 5.32 Å². The molecule has 0 aliphatic heterocycles. The van der Waals surface area contributed by atoms with Gasteiger partial charge in [-0.05, 0) is 43.0 Å². The van der Waals surface area contributed by atoms with Crippen molar-refractivity contribution < 1.29 is 0 Å². The molecule has 1 aromatic rings. The fourth-order valence-electron chi connectivity index (χ4n) is 2.21. The van der Waals surface area contributed by atoms with Crippen LogP contribution < -0.4 is 5.32 Å². The molecular weight excluding hydrogens is 206 g/mol. The standard InChI is InChI=1S/C13H18ClN/c1-10-6-7-12(14)8-11(10)9-15-13-4-2-3-5-13/h6-8,13,15H,2-5,9H2,1H3. The van der Waals surface area contributed by atoms with Crippen LogP contribution in [0.25, 0.3) is 0 Å². The molecule has 1 fully saturated rings. The highest BCUT2D eigenvalue weighted by Crippen LogP contribution is 2.19. The quantitative estimate of drug-likeness (QED) is 0.825. The Bertz CT molecular complexity index is 329. The van der Waals surface area contributed by atoms with Gasteiger partial charge in [-0.15, -0.1) is 0 Å². The number of aryl methyl sites for hydroxylation is 1. The molecule has 0 bridgehead atoms. The third kappa shape index (κ3) is 2.96. The summed E-state index contributed by atoms with van der Waals surface area (Å²) >= 11 is 5.98. The van der Waals surface area contributed by atoms with E-state index in [9.17, 15) is 0 Å². The lowest BCUT2D eigenvalue weighted by molar-refractivity contribution is 0.523. The number of hydrogen-bond acceptors (Lipinski definition) is 1. The maximum atomic E-state index is 5.98. The SMILES string of the molecule is Cc1ccc(Cl)cc1CNC1CCCC1. The highest BCUT2D eigenvalue weighted by Gasteiger charge is 2.14. The lowest BCUT2D eigenvalue weighted by atomic mass is 10.1. The number of rotatable bonds is 3. The topological polar surface area (TPSA) is 12.0 Å². The van der Waals surface area contributed by atoms with Gasteiger partial charge in [0.15, 0.2) is 0 Å². The minimum atomic E-state index is 0.725. The molecule has 2 heteroatoms. The molecular formula is C13H18ClN. The first-order chi connectivity index (χ1) is 7.25. The maximum Gasteiger partial charge on any atom is 0.0409 e.